The summed E-state index contributed by atoms with van der Waals surface area (Å²) >= 11 is 5.90. The number of amides is 1. The van der Waals surface area contributed by atoms with Crippen molar-refractivity contribution >= 4 is 39.8 Å². The number of sulfone groups is 1. The Balaban J connectivity index is 0.00000196. The summed E-state index contributed by atoms with van der Waals surface area (Å²) in [4.78, 5) is 15.4. The maximum absolute atomic E-state index is 13.4. The average molecular weight is 419 g/mol. The quantitative estimate of drug-likeness (QED) is 0.818. The van der Waals surface area contributed by atoms with E-state index in [0.29, 0.717) is 42.8 Å². The van der Waals surface area contributed by atoms with Crippen molar-refractivity contribution in [1.82, 2.24) is 10.2 Å². The minimum absolute atomic E-state index is 0. The van der Waals surface area contributed by atoms with Crippen LogP contribution in [0.25, 0.3) is 0 Å². The molecule has 2 aliphatic heterocycles. The smallest absolute Gasteiger partial charge is 0.244 e. The molecule has 3 aliphatic rings. The SMILES string of the molecule is Cl.O=C(N1C[C@H]2CNC[C@H]2C1)C1(S(=O)(=O)c2ccc(Cl)cc2)CCCC1. The third-order valence-corrected chi connectivity index (χ3v) is 8.87. The predicted molar refractivity (Wildman–Crippen MR) is 104 cm³/mol. The highest BCUT2D eigenvalue weighted by Gasteiger charge is 2.56. The molecule has 26 heavy (non-hydrogen) atoms. The zero-order valence-corrected chi connectivity index (χ0v) is 16.9. The number of carbonyl (C=O) groups is 1. The highest BCUT2D eigenvalue weighted by molar-refractivity contribution is 7.93. The minimum Gasteiger partial charge on any atom is -0.341 e. The van der Waals surface area contributed by atoms with Gasteiger partial charge in [0.05, 0.1) is 4.90 Å². The van der Waals surface area contributed by atoms with E-state index in [2.05, 4.69) is 5.32 Å². The molecule has 1 amide bonds. The van der Waals surface area contributed by atoms with E-state index >= 15 is 0 Å². The molecular weight excluding hydrogens is 395 g/mol. The normalized spacial score (nSPS) is 27.2. The lowest BCUT2D eigenvalue weighted by molar-refractivity contribution is -0.133. The van der Waals surface area contributed by atoms with Crippen molar-refractivity contribution in [2.24, 2.45) is 11.8 Å². The first-order valence-corrected chi connectivity index (χ1v) is 10.8. The second kappa shape index (κ2) is 7.30. The second-order valence-electron chi connectivity index (χ2n) is 7.55. The highest BCUT2D eigenvalue weighted by atomic mass is 35.5. The molecule has 1 aromatic rings. The van der Waals surface area contributed by atoms with Gasteiger partial charge in [-0.25, -0.2) is 8.42 Å². The molecule has 0 aromatic heterocycles. The van der Waals surface area contributed by atoms with Crippen molar-refractivity contribution in [3.05, 3.63) is 29.3 Å². The molecule has 144 valence electrons. The monoisotopic (exact) mass is 418 g/mol. The van der Waals surface area contributed by atoms with Crippen LogP contribution in [-0.4, -0.2) is 50.2 Å². The molecular formula is C18H24Cl2N2O3S. The van der Waals surface area contributed by atoms with Crippen LogP contribution < -0.4 is 5.32 Å². The summed E-state index contributed by atoms with van der Waals surface area (Å²) in [6, 6.07) is 6.20. The number of halogens is 2. The lowest BCUT2D eigenvalue weighted by Crippen LogP contribution is -2.52. The van der Waals surface area contributed by atoms with Gasteiger partial charge in [-0.3, -0.25) is 4.79 Å². The molecule has 4 rings (SSSR count). The van der Waals surface area contributed by atoms with Crippen LogP contribution in [-0.2, 0) is 14.6 Å². The number of benzene rings is 1. The zero-order chi connectivity index (χ0) is 17.7. The Morgan fingerprint density at radius 3 is 2.15 bits per heavy atom. The summed E-state index contributed by atoms with van der Waals surface area (Å²) in [7, 11) is -3.74. The highest BCUT2D eigenvalue weighted by Crippen LogP contribution is 2.43. The van der Waals surface area contributed by atoms with Crippen molar-refractivity contribution in [3.63, 3.8) is 0 Å². The third kappa shape index (κ3) is 3.05. The standard InChI is InChI=1S/C18H23ClN2O3S.ClH/c19-15-3-5-16(6-4-15)25(23,24)18(7-1-2-8-18)17(22)21-11-13-9-20-10-14(13)12-21;/h3-6,13-14,20H,1-2,7-12H2;1H/t13-,14+;. The van der Waals surface area contributed by atoms with Gasteiger partial charge >= 0.3 is 0 Å². The average Bonchev–Trinajstić information content (AvgIpc) is 3.30. The van der Waals surface area contributed by atoms with Gasteiger partial charge in [0.2, 0.25) is 5.91 Å². The van der Waals surface area contributed by atoms with Gasteiger partial charge in [0, 0.05) is 31.2 Å². The lowest BCUT2D eigenvalue weighted by atomic mass is 10.0. The van der Waals surface area contributed by atoms with Crippen LogP contribution in [0.3, 0.4) is 0 Å². The molecule has 2 heterocycles. The van der Waals surface area contributed by atoms with E-state index in [0.717, 1.165) is 25.9 Å². The lowest BCUT2D eigenvalue weighted by Gasteiger charge is -2.32. The van der Waals surface area contributed by atoms with E-state index in [1.807, 2.05) is 4.90 Å². The Morgan fingerprint density at radius 1 is 1.08 bits per heavy atom. The molecule has 2 atom stereocenters. The molecule has 0 radical (unpaired) electrons. The fraction of sp³-hybridized carbons (Fsp3) is 0.611. The van der Waals surface area contributed by atoms with Gasteiger partial charge in [0.1, 0.15) is 0 Å². The summed E-state index contributed by atoms with van der Waals surface area (Å²) in [5.41, 5.74) is 0. The van der Waals surface area contributed by atoms with Crippen molar-refractivity contribution in [2.45, 2.75) is 35.3 Å². The van der Waals surface area contributed by atoms with E-state index < -0.39 is 14.6 Å². The largest absolute Gasteiger partial charge is 0.341 e. The maximum Gasteiger partial charge on any atom is 0.244 e. The summed E-state index contributed by atoms with van der Waals surface area (Å²) in [6.07, 6.45) is 2.39. The van der Waals surface area contributed by atoms with E-state index in [-0.39, 0.29) is 23.2 Å². The second-order valence-corrected chi connectivity index (χ2v) is 10.2. The number of nitrogens with zero attached hydrogens (tertiary/aromatic N) is 1. The van der Waals surface area contributed by atoms with E-state index in [1.165, 1.54) is 12.1 Å². The topological polar surface area (TPSA) is 66.5 Å². The van der Waals surface area contributed by atoms with Gasteiger partial charge in [-0.15, -0.1) is 12.4 Å². The summed E-state index contributed by atoms with van der Waals surface area (Å²) in [5, 5.41) is 3.85. The Labute approximate surface area is 165 Å². The maximum atomic E-state index is 13.4. The van der Waals surface area contributed by atoms with Crippen LogP contribution >= 0.6 is 24.0 Å². The van der Waals surface area contributed by atoms with Gasteiger partial charge < -0.3 is 10.2 Å². The number of rotatable bonds is 3. The minimum atomic E-state index is -3.74. The number of nitrogens with one attached hydrogen (secondary N) is 1. The van der Waals surface area contributed by atoms with E-state index in [4.69, 9.17) is 11.6 Å². The molecule has 1 saturated carbocycles. The van der Waals surface area contributed by atoms with Gasteiger partial charge in [-0.1, -0.05) is 24.4 Å². The molecule has 0 unspecified atom stereocenters. The summed E-state index contributed by atoms with van der Waals surface area (Å²) in [5.74, 6) is 0.732. The van der Waals surface area contributed by atoms with Gasteiger partial charge in [-0.2, -0.15) is 0 Å². The molecule has 2 saturated heterocycles. The third-order valence-electron chi connectivity index (χ3n) is 6.12. The first-order chi connectivity index (χ1) is 11.9. The predicted octanol–water partition coefficient (Wildman–Crippen LogP) is 2.53. The molecule has 0 spiro atoms. The van der Waals surface area contributed by atoms with Gasteiger partial charge in [-0.05, 0) is 48.9 Å². The number of fused-ring (bicyclic) bond motifs is 1. The number of hydrogen-bond acceptors (Lipinski definition) is 4. The Hall–Kier alpha value is -0.820. The molecule has 8 heteroatoms. The number of likely N-dealkylation sites (tertiary alicyclic amines) is 1. The molecule has 3 fully saturated rings. The zero-order valence-electron chi connectivity index (χ0n) is 14.5. The first kappa shape index (κ1) is 19.9. The molecule has 1 N–H and O–H groups in total. The fourth-order valence-electron chi connectivity index (χ4n) is 4.69. The van der Waals surface area contributed by atoms with Crippen LogP contribution in [0.15, 0.2) is 29.2 Å². The summed E-state index contributed by atoms with van der Waals surface area (Å²) in [6.45, 7) is 3.19. The molecule has 0 bridgehead atoms. The Kier molecular flexibility index (Phi) is 5.60. The summed E-state index contributed by atoms with van der Waals surface area (Å²) < 4.78 is 25.5. The van der Waals surface area contributed by atoms with Gasteiger partial charge in [0.25, 0.3) is 0 Å². The fourth-order valence-corrected chi connectivity index (χ4v) is 6.95. The number of carbonyl (C=O) groups excluding carboxylic acids is 1. The first-order valence-electron chi connectivity index (χ1n) is 8.94. The molecule has 1 aliphatic carbocycles. The van der Waals surface area contributed by atoms with Crippen LogP contribution in [0, 0.1) is 11.8 Å². The van der Waals surface area contributed by atoms with Crippen LogP contribution in [0.4, 0.5) is 0 Å². The van der Waals surface area contributed by atoms with Gasteiger partial charge in [0.15, 0.2) is 14.6 Å². The molecule has 1 aromatic carbocycles. The number of hydrogen-bond donors (Lipinski definition) is 1. The van der Waals surface area contributed by atoms with Crippen LogP contribution in [0.2, 0.25) is 5.02 Å². The van der Waals surface area contributed by atoms with Crippen molar-refractivity contribution in [3.8, 4) is 0 Å². The van der Waals surface area contributed by atoms with E-state index in [1.54, 1.807) is 12.1 Å². The van der Waals surface area contributed by atoms with Crippen LogP contribution in [0.5, 0.6) is 0 Å². The molecule has 5 nitrogen and oxygen atoms in total. The van der Waals surface area contributed by atoms with Crippen molar-refractivity contribution in [2.75, 3.05) is 26.2 Å². The Morgan fingerprint density at radius 2 is 1.62 bits per heavy atom. The Bertz CT molecular complexity index is 764. The van der Waals surface area contributed by atoms with Crippen molar-refractivity contribution in [1.29, 1.82) is 0 Å². The van der Waals surface area contributed by atoms with E-state index in [9.17, 15) is 13.2 Å². The van der Waals surface area contributed by atoms with Crippen LogP contribution in [0.1, 0.15) is 25.7 Å². The van der Waals surface area contributed by atoms with Crippen molar-refractivity contribution < 1.29 is 13.2 Å².